The van der Waals surface area contributed by atoms with E-state index < -0.39 is 0 Å². The average Bonchev–Trinajstić information content (AvgIpc) is 2.20. The highest BCUT2D eigenvalue weighted by molar-refractivity contribution is 5.26. The second-order valence-corrected chi connectivity index (χ2v) is 4.67. The molecule has 0 spiro atoms. The number of hydrogen-bond donors (Lipinski definition) is 1. The molecule has 0 bridgehead atoms. The van der Waals surface area contributed by atoms with Crippen LogP contribution in [0.3, 0.4) is 0 Å². The molecule has 88 valence electrons. The summed E-state index contributed by atoms with van der Waals surface area (Å²) >= 11 is 0. The highest BCUT2D eigenvalue weighted by Crippen LogP contribution is 2.13. The maximum atomic E-state index is 5.77. The zero-order valence-corrected chi connectivity index (χ0v) is 10.5. The van der Waals surface area contributed by atoms with Crippen molar-refractivity contribution >= 4 is 0 Å². The van der Waals surface area contributed by atoms with Crippen LogP contribution in [-0.2, 0) is 12.8 Å². The van der Waals surface area contributed by atoms with Gasteiger partial charge < -0.3 is 5.73 Å². The topological polar surface area (TPSA) is 26.0 Å². The third-order valence-corrected chi connectivity index (χ3v) is 2.64. The lowest BCUT2D eigenvalue weighted by molar-refractivity contribution is 0.738. The van der Waals surface area contributed by atoms with Crippen molar-refractivity contribution < 1.29 is 0 Å². The highest BCUT2D eigenvalue weighted by atomic mass is 14.6. The van der Waals surface area contributed by atoms with Crippen LogP contribution in [0.4, 0.5) is 0 Å². The molecule has 0 heterocycles. The van der Waals surface area contributed by atoms with Gasteiger partial charge in [0.2, 0.25) is 0 Å². The molecule has 0 aliphatic rings. The van der Waals surface area contributed by atoms with Gasteiger partial charge >= 0.3 is 0 Å². The van der Waals surface area contributed by atoms with E-state index in [4.69, 9.17) is 5.73 Å². The number of hydrogen-bond acceptors (Lipinski definition) is 1. The molecule has 1 atom stereocenters. The number of allylic oxidation sites excluding steroid dienone is 1. The Hall–Kier alpha value is -1.08. The van der Waals surface area contributed by atoms with Crippen molar-refractivity contribution in [3.8, 4) is 0 Å². The molecular formula is C15H23N. The normalized spacial score (nSPS) is 12.4. The van der Waals surface area contributed by atoms with Gasteiger partial charge in [-0.15, -0.1) is 0 Å². The Bertz CT molecular complexity index is 322. The molecule has 2 N–H and O–H groups in total. The second-order valence-electron chi connectivity index (χ2n) is 4.67. The number of benzene rings is 1. The quantitative estimate of drug-likeness (QED) is 0.725. The highest BCUT2D eigenvalue weighted by Gasteiger charge is 2.00. The van der Waals surface area contributed by atoms with Crippen LogP contribution in [0.2, 0.25) is 0 Å². The van der Waals surface area contributed by atoms with Gasteiger partial charge in [0.05, 0.1) is 0 Å². The molecule has 0 aliphatic carbocycles. The molecular weight excluding hydrogens is 194 g/mol. The molecule has 0 aliphatic heterocycles. The summed E-state index contributed by atoms with van der Waals surface area (Å²) in [6.45, 7) is 8.32. The molecule has 16 heavy (non-hydrogen) atoms. The largest absolute Gasteiger partial charge is 0.328 e. The number of nitrogens with two attached hydrogens (primary N) is 1. The second kappa shape index (κ2) is 6.49. The Morgan fingerprint density at radius 2 is 1.81 bits per heavy atom. The van der Waals surface area contributed by atoms with Crippen LogP contribution < -0.4 is 5.73 Å². The van der Waals surface area contributed by atoms with Crippen molar-refractivity contribution in [2.45, 2.75) is 45.6 Å². The summed E-state index contributed by atoms with van der Waals surface area (Å²) in [5, 5.41) is 0. The Kier molecular flexibility index (Phi) is 5.27. The standard InChI is InChI=1S/C15H23N/c1-4-5-12(2)10-14-6-8-15(9-7-14)11-13(3)16/h6-9,13H,2,4-5,10-11,16H2,1,3H3. The van der Waals surface area contributed by atoms with E-state index >= 15 is 0 Å². The first-order valence-electron chi connectivity index (χ1n) is 6.12. The molecule has 1 nitrogen and oxygen atoms in total. The predicted molar refractivity (Wildman–Crippen MR) is 71.5 cm³/mol. The smallest absolute Gasteiger partial charge is 0.00509 e. The van der Waals surface area contributed by atoms with E-state index in [1.54, 1.807) is 0 Å². The van der Waals surface area contributed by atoms with Crippen LogP contribution in [0, 0.1) is 0 Å². The van der Waals surface area contributed by atoms with Gasteiger partial charge in [0.25, 0.3) is 0 Å². The summed E-state index contributed by atoms with van der Waals surface area (Å²) in [6, 6.07) is 8.98. The van der Waals surface area contributed by atoms with Crippen molar-refractivity contribution in [2.24, 2.45) is 5.73 Å². The molecule has 0 fully saturated rings. The van der Waals surface area contributed by atoms with Crippen molar-refractivity contribution in [1.82, 2.24) is 0 Å². The van der Waals surface area contributed by atoms with Crippen LogP contribution in [0.25, 0.3) is 0 Å². The summed E-state index contributed by atoms with van der Waals surface area (Å²) in [5.41, 5.74) is 9.76. The van der Waals surface area contributed by atoms with E-state index in [1.165, 1.54) is 23.1 Å². The maximum absolute atomic E-state index is 5.77. The van der Waals surface area contributed by atoms with E-state index in [0.717, 1.165) is 19.3 Å². The van der Waals surface area contributed by atoms with E-state index in [9.17, 15) is 0 Å². The summed E-state index contributed by atoms with van der Waals surface area (Å²) in [6.07, 6.45) is 4.27. The molecule has 1 heteroatoms. The first-order chi connectivity index (χ1) is 7.61. The van der Waals surface area contributed by atoms with E-state index in [2.05, 4.69) is 37.8 Å². The molecule has 1 unspecified atom stereocenters. The lowest BCUT2D eigenvalue weighted by Gasteiger charge is -2.07. The summed E-state index contributed by atoms with van der Waals surface area (Å²) < 4.78 is 0. The van der Waals surface area contributed by atoms with Crippen LogP contribution in [-0.4, -0.2) is 6.04 Å². The van der Waals surface area contributed by atoms with E-state index in [1.807, 2.05) is 6.92 Å². The van der Waals surface area contributed by atoms with Crippen LogP contribution in [0.5, 0.6) is 0 Å². The molecule has 0 amide bonds. The average molecular weight is 217 g/mol. The molecule has 0 radical (unpaired) electrons. The molecule has 0 saturated carbocycles. The fraction of sp³-hybridized carbons (Fsp3) is 0.467. The first kappa shape index (κ1) is 13.0. The van der Waals surface area contributed by atoms with Crippen LogP contribution in [0.1, 0.15) is 37.8 Å². The minimum atomic E-state index is 0.237. The van der Waals surface area contributed by atoms with Gasteiger partial charge in [0.1, 0.15) is 0 Å². The van der Waals surface area contributed by atoms with Crippen molar-refractivity contribution in [1.29, 1.82) is 0 Å². The predicted octanol–water partition coefficient (Wildman–Crippen LogP) is 3.48. The van der Waals surface area contributed by atoms with E-state index in [-0.39, 0.29) is 6.04 Å². The van der Waals surface area contributed by atoms with Gasteiger partial charge in [-0.2, -0.15) is 0 Å². The fourth-order valence-corrected chi connectivity index (χ4v) is 1.90. The fourth-order valence-electron chi connectivity index (χ4n) is 1.90. The monoisotopic (exact) mass is 217 g/mol. The first-order valence-corrected chi connectivity index (χ1v) is 6.12. The van der Waals surface area contributed by atoms with Crippen LogP contribution >= 0.6 is 0 Å². The Balaban J connectivity index is 2.54. The van der Waals surface area contributed by atoms with Gasteiger partial charge in [-0.1, -0.05) is 49.8 Å². The molecule has 1 aromatic carbocycles. The lowest BCUT2D eigenvalue weighted by Crippen LogP contribution is -2.17. The summed E-state index contributed by atoms with van der Waals surface area (Å²) in [4.78, 5) is 0. The van der Waals surface area contributed by atoms with Gasteiger partial charge in [0.15, 0.2) is 0 Å². The van der Waals surface area contributed by atoms with Gasteiger partial charge in [0, 0.05) is 6.04 Å². The zero-order chi connectivity index (χ0) is 12.0. The molecule has 0 aromatic heterocycles. The lowest BCUT2D eigenvalue weighted by atomic mass is 10.00. The molecule has 1 aromatic rings. The summed E-state index contributed by atoms with van der Waals surface area (Å²) in [7, 11) is 0. The van der Waals surface area contributed by atoms with Crippen molar-refractivity contribution in [3.05, 3.63) is 47.5 Å². The molecule has 1 rings (SSSR count). The third-order valence-electron chi connectivity index (χ3n) is 2.64. The van der Waals surface area contributed by atoms with Crippen molar-refractivity contribution in [3.63, 3.8) is 0 Å². The summed E-state index contributed by atoms with van der Waals surface area (Å²) in [5.74, 6) is 0. The van der Waals surface area contributed by atoms with Crippen LogP contribution in [0.15, 0.2) is 36.4 Å². The van der Waals surface area contributed by atoms with E-state index in [0.29, 0.717) is 0 Å². The Morgan fingerprint density at radius 3 is 2.31 bits per heavy atom. The number of rotatable bonds is 6. The minimum absolute atomic E-state index is 0.237. The third kappa shape index (κ3) is 4.63. The maximum Gasteiger partial charge on any atom is 0.00509 e. The zero-order valence-electron chi connectivity index (χ0n) is 10.5. The SMILES string of the molecule is C=C(CCC)Cc1ccc(CC(C)N)cc1. The Morgan fingerprint density at radius 1 is 1.25 bits per heavy atom. The van der Waals surface area contributed by atoms with Crippen molar-refractivity contribution in [2.75, 3.05) is 0 Å². The molecule has 0 saturated heterocycles. The Labute approximate surface area is 99.4 Å². The van der Waals surface area contributed by atoms with Gasteiger partial charge in [-0.25, -0.2) is 0 Å². The van der Waals surface area contributed by atoms with Gasteiger partial charge in [-0.3, -0.25) is 0 Å². The minimum Gasteiger partial charge on any atom is -0.328 e. The van der Waals surface area contributed by atoms with Gasteiger partial charge in [-0.05, 0) is 37.3 Å².